The fourth-order valence-electron chi connectivity index (χ4n) is 3.07. The van der Waals surface area contributed by atoms with E-state index in [0.717, 1.165) is 18.0 Å². The van der Waals surface area contributed by atoms with Gasteiger partial charge in [-0.25, -0.2) is 4.98 Å². The second kappa shape index (κ2) is 4.73. The topological polar surface area (TPSA) is 24.9 Å². The van der Waals surface area contributed by atoms with Crippen LogP contribution in [0, 0.1) is 12.3 Å². The lowest BCUT2D eigenvalue weighted by Gasteiger charge is -2.28. The minimum absolute atomic E-state index is 0.281. The lowest BCUT2D eigenvalue weighted by molar-refractivity contribution is 0.268. The number of aromatic nitrogens is 1. The van der Waals surface area contributed by atoms with E-state index in [1.54, 1.807) is 11.3 Å². The quantitative estimate of drug-likeness (QED) is 0.917. The Morgan fingerprint density at radius 2 is 2.16 bits per heavy atom. The molecule has 3 heteroatoms. The molecule has 100 valence electrons. The maximum absolute atomic E-state index is 4.32. The van der Waals surface area contributed by atoms with Crippen molar-refractivity contribution >= 4 is 11.3 Å². The van der Waals surface area contributed by atoms with Crippen molar-refractivity contribution in [3.8, 4) is 0 Å². The van der Waals surface area contributed by atoms with Gasteiger partial charge in [-0.3, -0.25) is 0 Å². The first-order valence-electron chi connectivity index (χ1n) is 6.79. The summed E-state index contributed by atoms with van der Waals surface area (Å²) in [4.78, 5) is 5.64. The normalized spacial score (nSPS) is 20.5. The van der Waals surface area contributed by atoms with Gasteiger partial charge in [0.25, 0.3) is 0 Å². The zero-order valence-corrected chi connectivity index (χ0v) is 12.6. The summed E-state index contributed by atoms with van der Waals surface area (Å²) < 4.78 is 0. The number of fused-ring (bicyclic) bond motifs is 1. The molecule has 1 aromatic heterocycles. The van der Waals surface area contributed by atoms with E-state index < -0.39 is 0 Å². The second-order valence-corrected chi connectivity index (χ2v) is 7.34. The first kappa shape index (κ1) is 12.8. The Labute approximate surface area is 118 Å². The van der Waals surface area contributed by atoms with E-state index in [4.69, 9.17) is 0 Å². The molecule has 0 radical (unpaired) electrons. The maximum Gasteiger partial charge on any atom is 0.0897 e. The van der Waals surface area contributed by atoms with Crippen molar-refractivity contribution in [1.29, 1.82) is 0 Å². The van der Waals surface area contributed by atoms with Crippen LogP contribution in [0.3, 0.4) is 0 Å². The van der Waals surface area contributed by atoms with Gasteiger partial charge in [0.2, 0.25) is 0 Å². The molecule has 1 N–H and O–H groups in total. The molecule has 0 bridgehead atoms. The molecule has 0 saturated carbocycles. The highest BCUT2D eigenvalue weighted by molar-refractivity contribution is 7.11. The van der Waals surface area contributed by atoms with Crippen LogP contribution >= 0.6 is 11.3 Å². The summed E-state index contributed by atoms with van der Waals surface area (Å²) in [6.07, 6.45) is 3.14. The molecule has 1 aliphatic rings. The molecule has 3 rings (SSSR count). The van der Waals surface area contributed by atoms with E-state index in [1.807, 2.05) is 6.20 Å². The van der Waals surface area contributed by atoms with Crippen molar-refractivity contribution in [3.05, 3.63) is 51.5 Å². The van der Waals surface area contributed by atoms with Gasteiger partial charge in [-0.05, 0) is 29.9 Å². The third-order valence-corrected chi connectivity index (χ3v) is 4.86. The summed E-state index contributed by atoms with van der Waals surface area (Å²) in [6, 6.07) is 9.25. The van der Waals surface area contributed by atoms with Gasteiger partial charge >= 0.3 is 0 Å². The standard InChI is InChI=1S/C16H20N2S/c1-11-17-9-13(19-11)10-18-15-14-7-5-4-6-12(14)8-16(15,2)3/h4-7,9,15,18H,8,10H2,1-3H3. The summed E-state index contributed by atoms with van der Waals surface area (Å²) in [7, 11) is 0. The fraction of sp³-hybridized carbons (Fsp3) is 0.438. The predicted octanol–water partition coefficient (Wildman–Crippen LogP) is 3.86. The Morgan fingerprint density at radius 3 is 2.89 bits per heavy atom. The number of benzene rings is 1. The van der Waals surface area contributed by atoms with Crippen LogP contribution in [0.1, 0.15) is 40.9 Å². The van der Waals surface area contributed by atoms with Crippen molar-refractivity contribution in [3.63, 3.8) is 0 Å². The number of nitrogens with zero attached hydrogens (tertiary/aromatic N) is 1. The van der Waals surface area contributed by atoms with E-state index in [-0.39, 0.29) is 5.41 Å². The number of aryl methyl sites for hydroxylation is 1. The third kappa shape index (κ3) is 2.45. The minimum Gasteiger partial charge on any atom is -0.304 e. The predicted molar refractivity (Wildman–Crippen MR) is 80.4 cm³/mol. The second-order valence-electron chi connectivity index (χ2n) is 6.02. The minimum atomic E-state index is 0.281. The van der Waals surface area contributed by atoms with Crippen molar-refractivity contribution in [2.45, 2.75) is 39.8 Å². The van der Waals surface area contributed by atoms with Crippen LogP contribution in [0.25, 0.3) is 0 Å². The van der Waals surface area contributed by atoms with Gasteiger partial charge in [-0.2, -0.15) is 0 Å². The van der Waals surface area contributed by atoms with Crippen LogP contribution < -0.4 is 5.32 Å². The van der Waals surface area contributed by atoms with Gasteiger partial charge in [0.05, 0.1) is 5.01 Å². The smallest absolute Gasteiger partial charge is 0.0897 e. The van der Waals surface area contributed by atoms with Crippen molar-refractivity contribution < 1.29 is 0 Å². The Hall–Kier alpha value is -1.19. The van der Waals surface area contributed by atoms with Gasteiger partial charge in [0.1, 0.15) is 0 Å². The zero-order chi connectivity index (χ0) is 13.5. The average molecular weight is 272 g/mol. The molecule has 0 saturated heterocycles. The van der Waals surface area contributed by atoms with Crippen LogP contribution in [0.2, 0.25) is 0 Å². The first-order valence-corrected chi connectivity index (χ1v) is 7.60. The molecule has 0 amide bonds. The van der Waals surface area contributed by atoms with Gasteiger partial charge < -0.3 is 5.32 Å². The molecular formula is C16H20N2S. The Balaban J connectivity index is 1.79. The number of hydrogen-bond acceptors (Lipinski definition) is 3. The molecule has 0 spiro atoms. The highest BCUT2D eigenvalue weighted by atomic mass is 32.1. The summed E-state index contributed by atoms with van der Waals surface area (Å²) in [5, 5.41) is 4.87. The van der Waals surface area contributed by atoms with Crippen LogP contribution in [-0.4, -0.2) is 4.98 Å². The number of nitrogens with one attached hydrogen (secondary N) is 1. The van der Waals surface area contributed by atoms with Crippen molar-refractivity contribution in [1.82, 2.24) is 10.3 Å². The van der Waals surface area contributed by atoms with Crippen LogP contribution in [0.4, 0.5) is 0 Å². The van der Waals surface area contributed by atoms with E-state index >= 15 is 0 Å². The molecule has 19 heavy (non-hydrogen) atoms. The molecule has 2 aromatic rings. The van der Waals surface area contributed by atoms with Crippen molar-refractivity contribution in [2.75, 3.05) is 0 Å². The highest BCUT2D eigenvalue weighted by Crippen LogP contribution is 2.45. The summed E-state index contributed by atoms with van der Waals surface area (Å²) in [6.45, 7) is 7.67. The number of rotatable bonds is 3. The van der Waals surface area contributed by atoms with Gasteiger partial charge in [0.15, 0.2) is 0 Å². The fourth-order valence-corrected chi connectivity index (χ4v) is 3.81. The lowest BCUT2D eigenvalue weighted by atomic mass is 9.85. The lowest BCUT2D eigenvalue weighted by Crippen LogP contribution is -2.30. The van der Waals surface area contributed by atoms with E-state index in [1.165, 1.54) is 16.0 Å². The van der Waals surface area contributed by atoms with Gasteiger partial charge in [-0.1, -0.05) is 38.1 Å². The first-order chi connectivity index (χ1) is 9.06. The van der Waals surface area contributed by atoms with Crippen LogP contribution in [0.15, 0.2) is 30.5 Å². The number of hydrogen-bond donors (Lipinski definition) is 1. The van der Waals surface area contributed by atoms with E-state index in [9.17, 15) is 0 Å². The SMILES string of the molecule is Cc1ncc(CNC2c3ccccc3CC2(C)C)s1. The molecule has 1 aliphatic carbocycles. The maximum atomic E-state index is 4.32. The summed E-state index contributed by atoms with van der Waals surface area (Å²) >= 11 is 1.78. The monoisotopic (exact) mass is 272 g/mol. The molecule has 0 aliphatic heterocycles. The molecule has 1 unspecified atom stereocenters. The molecular weight excluding hydrogens is 252 g/mol. The Bertz CT molecular complexity index is 586. The van der Waals surface area contributed by atoms with Crippen LogP contribution in [-0.2, 0) is 13.0 Å². The zero-order valence-electron chi connectivity index (χ0n) is 11.7. The van der Waals surface area contributed by atoms with Crippen LogP contribution in [0.5, 0.6) is 0 Å². The van der Waals surface area contributed by atoms with E-state index in [2.05, 4.69) is 55.3 Å². The average Bonchev–Trinajstić information content (AvgIpc) is 2.87. The third-order valence-electron chi connectivity index (χ3n) is 3.94. The van der Waals surface area contributed by atoms with Crippen molar-refractivity contribution in [2.24, 2.45) is 5.41 Å². The summed E-state index contributed by atoms with van der Waals surface area (Å²) in [5.74, 6) is 0. The molecule has 1 heterocycles. The number of thiazole rings is 1. The molecule has 2 nitrogen and oxygen atoms in total. The summed E-state index contributed by atoms with van der Waals surface area (Å²) in [5.41, 5.74) is 3.24. The van der Waals surface area contributed by atoms with Gasteiger partial charge in [0, 0.05) is 23.7 Å². The van der Waals surface area contributed by atoms with Gasteiger partial charge in [-0.15, -0.1) is 11.3 Å². The van der Waals surface area contributed by atoms with E-state index in [0.29, 0.717) is 6.04 Å². The molecule has 1 aromatic carbocycles. The highest BCUT2D eigenvalue weighted by Gasteiger charge is 2.38. The Kier molecular flexibility index (Phi) is 3.19. The largest absolute Gasteiger partial charge is 0.304 e. The molecule has 1 atom stereocenters. The molecule has 0 fully saturated rings. The Morgan fingerprint density at radius 1 is 1.37 bits per heavy atom.